The van der Waals surface area contributed by atoms with E-state index in [0.717, 1.165) is 29.7 Å². The van der Waals surface area contributed by atoms with Crippen molar-refractivity contribution in [3.8, 4) is 6.07 Å². The molecule has 1 aromatic heterocycles. The highest BCUT2D eigenvalue weighted by molar-refractivity contribution is 6.30. The average molecular weight is 354 g/mol. The topological polar surface area (TPSA) is 81.9 Å². The van der Waals surface area contributed by atoms with Crippen LogP contribution in [0.25, 0.3) is 0 Å². The highest BCUT2D eigenvalue weighted by atomic mass is 35.5. The molecule has 25 heavy (non-hydrogen) atoms. The number of carbonyl (C=O) groups is 1. The lowest BCUT2D eigenvalue weighted by molar-refractivity contribution is 0.0786. The van der Waals surface area contributed by atoms with Gasteiger partial charge in [-0.1, -0.05) is 11.6 Å². The predicted molar refractivity (Wildman–Crippen MR) is 93.4 cm³/mol. The number of aromatic nitrogens is 2. The van der Waals surface area contributed by atoms with E-state index in [1.165, 1.54) is 0 Å². The number of amides is 1. The summed E-state index contributed by atoms with van der Waals surface area (Å²) in [6.07, 6.45) is 3.10. The molecule has 1 atom stereocenters. The Labute approximate surface area is 150 Å². The van der Waals surface area contributed by atoms with Crippen LogP contribution in [0.1, 0.15) is 39.7 Å². The Morgan fingerprint density at radius 3 is 3.04 bits per heavy atom. The van der Waals surface area contributed by atoms with Gasteiger partial charge in [-0.15, -0.1) is 0 Å². The Morgan fingerprint density at radius 2 is 2.28 bits per heavy atom. The number of nitriles is 1. The summed E-state index contributed by atoms with van der Waals surface area (Å²) in [7, 11) is 0. The number of anilines is 1. The van der Waals surface area contributed by atoms with Gasteiger partial charge in [0.25, 0.3) is 5.91 Å². The second-order valence-corrected chi connectivity index (χ2v) is 6.76. The summed E-state index contributed by atoms with van der Waals surface area (Å²) < 4.78 is 0. The van der Waals surface area contributed by atoms with Crippen LogP contribution in [-0.2, 0) is 19.4 Å². The van der Waals surface area contributed by atoms with Gasteiger partial charge in [-0.3, -0.25) is 4.79 Å². The van der Waals surface area contributed by atoms with Crippen molar-refractivity contribution in [1.82, 2.24) is 14.9 Å². The van der Waals surface area contributed by atoms with Gasteiger partial charge in [0.1, 0.15) is 0 Å². The van der Waals surface area contributed by atoms with Crippen molar-refractivity contribution < 1.29 is 4.79 Å². The van der Waals surface area contributed by atoms with Crippen LogP contribution in [0.3, 0.4) is 0 Å². The highest BCUT2D eigenvalue weighted by Crippen LogP contribution is 2.30. The van der Waals surface area contributed by atoms with Crippen molar-refractivity contribution in [2.24, 2.45) is 0 Å². The van der Waals surface area contributed by atoms with E-state index < -0.39 is 0 Å². The van der Waals surface area contributed by atoms with Gasteiger partial charge in [0.2, 0.25) is 5.95 Å². The maximum Gasteiger partial charge on any atom is 0.257 e. The molecule has 1 N–H and O–H groups in total. The number of halogens is 1. The van der Waals surface area contributed by atoms with Crippen LogP contribution in [0.2, 0.25) is 5.02 Å². The van der Waals surface area contributed by atoms with Gasteiger partial charge in [0.15, 0.2) is 0 Å². The van der Waals surface area contributed by atoms with Crippen LogP contribution in [0.15, 0.2) is 18.3 Å². The number of benzene rings is 1. The molecule has 1 aliphatic heterocycles. The zero-order chi connectivity index (χ0) is 17.6. The molecule has 1 aromatic carbocycles. The molecule has 0 radical (unpaired) electrons. The second-order valence-electron chi connectivity index (χ2n) is 6.33. The number of fused-ring (bicyclic) bond motifs is 2. The van der Waals surface area contributed by atoms with E-state index in [9.17, 15) is 10.1 Å². The van der Waals surface area contributed by atoms with Crippen molar-refractivity contribution in [2.75, 3.05) is 11.9 Å². The highest BCUT2D eigenvalue weighted by Gasteiger charge is 2.29. The first-order valence-electron chi connectivity index (χ1n) is 8.22. The molecule has 2 aromatic rings. The first-order chi connectivity index (χ1) is 12.1. The lowest BCUT2D eigenvalue weighted by Gasteiger charge is -2.12. The SMILES string of the molecule is CCN1Cc2nc(NC3Cc4cc(Cl)cc(C#N)c4C3)ncc2C1=O. The molecule has 1 unspecified atom stereocenters. The number of nitrogens with one attached hydrogen (secondary N) is 1. The summed E-state index contributed by atoms with van der Waals surface area (Å²) in [5.41, 5.74) is 4.11. The van der Waals surface area contributed by atoms with E-state index in [-0.39, 0.29) is 11.9 Å². The van der Waals surface area contributed by atoms with Crippen LogP contribution < -0.4 is 5.32 Å². The van der Waals surface area contributed by atoms with E-state index in [4.69, 9.17) is 11.6 Å². The summed E-state index contributed by atoms with van der Waals surface area (Å²) in [4.78, 5) is 22.7. The van der Waals surface area contributed by atoms with Crippen LogP contribution in [0, 0.1) is 11.3 Å². The Bertz CT molecular complexity index is 920. The molecular weight excluding hydrogens is 338 g/mol. The molecule has 2 aliphatic rings. The number of hydrogen-bond acceptors (Lipinski definition) is 5. The van der Waals surface area contributed by atoms with Crippen LogP contribution in [0.4, 0.5) is 5.95 Å². The van der Waals surface area contributed by atoms with Gasteiger partial charge in [0, 0.05) is 23.8 Å². The van der Waals surface area contributed by atoms with Crippen LogP contribution >= 0.6 is 11.6 Å². The fourth-order valence-corrected chi connectivity index (χ4v) is 3.79. The zero-order valence-corrected chi connectivity index (χ0v) is 14.5. The number of rotatable bonds is 3. The molecule has 1 amide bonds. The summed E-state index contributed by atoms with van der Waals surface area (Å²) in [6, 6.07) is 5.95. The third-order valence-corrected chi connectivity index (χ3v) is 5.00. The number of nitrogens with zero attached hydrogens (tertiary/aromatic N) is 4. The normalized spacial score (nSPS) is 18.0. The van der Waals surface area contributed by atoms with Gasteiger partial charge in [0.05, 0.1) is 29.4 Å². The Kier molecular flexibility index (Phi) is 3.81. The molecule has 7 heteroatoms. The van der Waals surface area contributed by atoms with Crippen molar-refractivity contribution in [1.29, 1.82) is 5.26 Å². The minimum absolute atomic E-state index is 0.00868. The lowest BCUT2D eigenvalue weighted by atomic mass is 10.0. The standard InChI is InChI=1S/C18H16ClN5O/c1-2-24-9-16-15(17(24)25)8-21-18(23-16)22-13-5-10-3-12(19)4-11(7-20)14(10)6-13/h3-4,8,13H,2,5-6,9H2,1H3,(H,21,22,23). The Hall–Kier alpha value is -2.65. The largest absolute Gasteiger partial charge is 0.351 e. The van der Waals surface area contributed by atoms with Crippen LogP contribution in [0.5, 0.6) is 0 Å². The molecule has 0 saturated heterocycles. The third kappa shape index (κ3) is 2.71. The predicted octanol–water partition coefficient (Wildman–Crippen LogP) is 2.56. The maximum atomic E-state index is 12.1. The summed E-state index contributed by atoms with van der Waals surface area (Å²) in [5, 5.41) is 13.2. The first-order valence-corrected chi connectivity index (χ1v) is 8.60. The minimum atomic E-state index is -0.00868. The summed E-state index contributed by atoms with van der Waals surface area (Å²) >= 11 is 6.09. The van der Waals surface area contributed by atoms with E-state index in [1.807, 2.05) is 13.0 Å². The Morgan fingerprint density at radius 1 is 1.44 bits per heavy atom. The number of hydrogen-bond donors (Lipinski definition) is 1. The van der Waals surface area contributed by atoms with Gasteiger partial charge >= 0.3 is 0 Å². The second kappa shape index (κ2) is 6.01. The number of carbonyl (C=O) groups excluding carboxylic acids is 1. The molecule has 0 bridgehead atoms. The van der Waals surface area contributed by atoms with Crippen molar-refractivity contribution in [2.45, 2.75) is 32.4 Å². The average Bonchev–Trinajstić information content (AvgIpc) is 3.14. The fraction of sp³-hybridized carbons (Fsp3) is 0.333. The van der Waals surface area contributed by atoms with Gasteiger partial charge in [-0.05, 0) is 43.0 Å². The van der Waals surface area contributed by atoms with Gasteiger partial charge in [-0.2, -0.15) is 5.26 Å². The molecule has 0 saturated carbocycles. The third-order valence-electron chi connectivity index (χ3n) is 4.79. The molecule has 4 rings (SSSR count). The van der Waals surface area contributed by atoms with Crippen LogP contribution in [-0.4, -0.2) is 33.4 Å². The first kappa shape index (κ1) is 15.9. The lowest BCUT2D eigenvalue weighted by Crippen LogP contribution is -2.22. The summed E-state index contributed by atoms with van der Waals surface area (Å²) in [6.45, 7) is 3.14. The van der Waals surface area contributed by atoms with E-state index >= 15 is 0 Å². The van der Waals surface area contributed by atoms with Gasteiger partial charge in [-0.25, -0.2) is 9.97 Å². The molecule has 1 aliphatic carbocycles. The van der Waals surface area contributed by atoms with Crippen molar-refractivity contribution in [3.63, 3.8) is 0 Å². The molecule has 126 valence electrons. The minimum Gasteiger partial charge on any atom is -0.351 e. The zero-order valence-electron chi connectivity index (χ0n) is 13.7. The van der Waals surface area contributed by atoms with Crippen molar-refractivity contribution >= 4 is 23.5 Å². The van der Waals surface area contributed by atoms with Gasteiger partial charge < -0.3 is 10.2 Å². The molecule has 0 fully saturated rings. The Balaban J connectivity index is 1.54. The molecule has 2 heterocycles. The fourth-order valence-electron chi connectivity index (χ4n) is 3.55. The molecular formula is C18H16ClN5O. The molecule has 6 nitrogen and oxygen atoms in total. The van der Waals surface area contributed by atoms with E-state index in [1.54, 1.807) is 17.2 Å². The molecule has 0 spiro atoms. The monoisotopic (exact) mass is 353 g/mol. The van der Waals surface area contributed by atoms with Crippen molar-refractivity contribution in [3.05, 3.63) is 51.3 Å². The quantitative estimate of drug-likeness (QED) is 0.917. The smallest absolute Gasteiger partial charge is 0.257 e. The van der Waals surface area contributed by atoms with E-state index in [0.29, 0.717) is 35.2 Å². The van der Waals surface area contributed by atoms with E-state index in [2.05, 4.69) is 21.4 Å². The maximum absolute atomic E-state index is 12.1. The summed E-state index contributed by atoms with van der Waals surface area (Å²) in [5.74, 6) is 0.512.